The van der Waals surface area contributed by atoms with Crippen molar-refractivity contribution in [1.29, 1.82) is 0 Å². The smallest absolute Gasteiger partial charge is 0.335 e. The fourth-order valence-electron chi connectivity index (χ4n) is 6.31. The van der Waals surface area contributed by atoms with Gasteiger partial charge in [0, 0.05) is 28.9 Å². The Balaban J connectivity index is 1.07. The molecule has 3 aromatic carbocycles. The fourth-order valence-corrected chi connectivity index (χ4v) is 6.47. The molecule has 2 aliphatic rings. The molecule has 4 heterocycles. The van der Waals surface area contributed by atoms with E-state index in [1.165, 1.54) is 11.6 Å². The van der Waals surface area contributed by atoms with Crippen molar-refractivity contribution >= 4 is 39.5 Å². The van der Waals surface area contributed by atoms with E-state index < -0.39 is 5.97 Å². The molecule has 0 unspecified atom stereocenters. The molecule has 42 heavy (non-hydrogen) atoms. The number of carbonyl (C=O) groups is 1. The minimum absolute atomic E-state index is 0.144. The Kier molecular flexibility index (Phi) is 7.22. The molecule has 2 aliphatic heterocycles. The van der Waals surface area contributed by atoms with Gasteiger partial charge in [-0.3, -0.25) is 4.90 Å². The van der Waals surface area contributed by atoms with E-state index in [0.29, 0.717) is 36.1 Å². The molecule has 7 rings (SSSR count). The van der Waals surface area contributed by atoms with E-state index in [9.17, 15) is 14.3 Å². The van der Waals surface area contributed by atoms with Crippen LogP contribution in [0.4, 0.5) is 4.39 Å². The van der Waals surface area contributed by atoms with Crippen molar-refractivity contribution < 1.29 is 19.0 Å². The lowest BCUT2D eigenvalue weighted by atomic mass is 9.89. The van der Waals surface area contributed by atoms with E-state index in [-0.39, 0.29) is 17.5 Å². The summed E-state index contributed by atoms with van der Waals surface area (Å²) in [5.74, 6) is 0.177. The van der Waals surface area contributed by atoms with Gasteiger partial charge < -0.3 is 19.0 Å². The SMILES string of the molecule is O=C(O)c1ccc2nc(CN3CCC(c4ccc5ccn(Cc6ccc(Cl)cc6F)c5c4)CC3)n(C[C@@H]3CCO3)c2c1. The third-order valence-corrected chi connectivity index (χ3v) is 9.07. The quantitative estimate of drug-likeness (QED) is 0.219. The van der Waals surface area contributed by atoms with E-state index in [1.807, 2.05) is 6.20 Å². The Labute approximate surface area is 248 Å². The van der Waals surface area contributed by atoms with Crippen molar-refractivity contribution in [3.05, 3.63) is 100 Å². The number of ether oxygens (including phenoxy) is 1. The van der Waals surface area contributed by atoms with Gasteiger partial charge in [-0.05, 0) is 91.7 Å². The summed E-state index contributed by atoms with van der Waals surface area (Å²) in [5.41, 5.74) is 4.98. The van der Waals surface area contributed by atoms with Crippen LogP contribution in [0, 0.1) is 5.82 Å². The molecule has 2 aromatic heterocycles. The first kappa shape index (κ1) is 27.1. The molecule has 9 heteroatoms. The number of halogens is 2. The molecular formula is C33H32ClFN4O3. The maximum atomic E-state index is 14.5. The van der Waals surface area contributed by atoms with Crippen LogP contribution in [0.1, 0.15) is 52.5 Å². The van der Waals surface area contributed by atoms with Crippen molar-refractivity contribution in [2.24, 2.45) is 0 Å². The maximum absolute atomic E-state index is 14.5. The van der Waals surface area contributed by atoms with Crippen LogP contribution in [0.5, 0.6) is 0 Å². The summed E-state index contributed by atoms with van der Waals surface area (Å²) >= 11 is 5.95. The van der Waals surface area contributed by atoms with Crippen molar-refractivity contribution in [1.82, 2.24) is 19.0 Å². The van der Waals surface area contributed by atoms with E-state index in [0.717, 1.165) is 66.7 Å². The van der Waals surface area contributed by atoms with Crippen molar-refractivity contribution in [2.75, 3.05) is 19.7 Å². The number of aromatic nitrogens is 3. The Hall–Kier alpha value is -3.72. The fraction of sp³-hybridized carbons (Fsp3) is 0.333. The molecule has 0 spiro atoms. The highest BCUT2D eigenvalue weighted by atomic mass is 35.5. The summed E-state index contributed by atoms with van der Waals surface area (Å²) < 4.78 is 24.5. The molecular weight excluding hydrogens is 555 g/mol. The number of benzene rings is 3. The van der Waals surface area contributed by atoms with Crippen LogP contribution in [-0.2, 0) is 24.4 Å². The van der Waals surface area contributed by atoms with Crippen molar-refractivity contribution in [3.63, 3.8) is 0 Å². The Morgan fingerprint density at radius 1 is 1.00 bits per heavy atom. The van der Waals surface area contributed by atoms with Crippen LogP contribution in [0.2, 0.25) is 5.02 Å². The van der Waals surface area contributed by atoms with Crippen LogP contribution in [0.25, 0.3) is 21.9 Å². The summed E-state index contributed by atoms with van der Waals surface area (Å²) in [7, 11) is 0. The van der Waals surface area contributed by atoms with E-state index in [2.05, 4.69) is 38.3 Å². The summed E-state index contributed by atoms with van der Waals surface area (Å²) in [6.07, 6.45) is 5.24. The minimum atomic E-state index is -0.934. The molecule has 0 aliphatic carbocycles. The lowest BCUT2D eigenvalue weighted by molar-refractivity contribution is -0.0592. The monoisotopic (exact) mass is 586 g/mol. The third kappa shape index (κ3) is 5.30. The number of hydrogen-bond acceptors (Lipinski definition) is 4. The van der Waals surface area contributed by atoms with Crippen molar-refractivity contribution in [3.8, 4) is 0 Å². The molecule has 0 radical (unpaired) electrons. The topological polar surface area (TPSA) is 72.5 Å². The number of hydrogen-bond donors (Lipinski definition) is 1. The highest BCUT2D eigenvalue weighted by Crippen LogP contribution is 2.32. The zero-order valence-electron chi connectivity index (χ0n) is 23.2. The van der Waals surface area contributed by atoms with Gasteiger partial charge in [-0.2, -0.15) is 0 Å². The van der Waals surface area contributed by atoms with E-state index >= 15 is 0 Å². The molecule has 1 atom stereocenters. The molecule has 0 amide bonds. The second-order valence-electron chi connectivity index (χ2n) is 11.5. The Bertz CT molecular complexity index is 1790. The van der Waals surface area contributed by atoms with Gasteiger partial charge in [-0.1, -0.05) is 29.8 Å². The van der Waals surface area contributed by atoms with Gasteiger partial charge in [0.2, 0.25) is 0 Å². The van der Waals surface area contributed by atoms with Gasteiger partial charge >= 0.3 is 5.97 Å². The van der Waals surface area contributed by atoms with Crippen molar-refractivity contribution in [2.45, 2.75) is 50.9 Å². The average Bonchev–Trinajstić information content (AvgIpc) is 3.52. The van der Waals surface area contributed by atoms with Gasteiger partial charge in [0.1, 0.15) is 11.6 Å². The van der Waals surface area contributed by atoms with Gasteiger partial charge in [0.05, 0.1) is 42.3 Å². The van der Waals surface area contributed by atoms with E-state index in [1.54, 1.807) is 30.3 Å². The number of carboxylic acids is 1. The third-order valence-electron chi connectivity index (χ3n) is 8.83. The predicted octanol–water partition coefficient (Wildman–Crippen LogP) is 6.70. The zero-order chi connectivity index (χ0) is 28.8. The van der Waals surface area contributed by atoms with Crippen LogP contribution in [-0.4, -0.2) is 55.9 Å². The van der Waals surface area contributed by atoms with Gasteiger partial charge in [0.25, 0.3) is 0 Å². The van der Waals surface area contributed by atoms with Crippen LogP contribution in [0.3, 0.4) is 0 Å². The second-order valence-corrected chi connectivity index (χ2v) is 11.9. The zero-order valence-corrected chi connectivity index (χ0v) is 23.9. The summed E-state index contributed by atoms with van der Waals surface area (Å²) in [6, 6.07) is 18.7. The Morgan fingerprint density at radius 2 is 1.83 bits per heavy atom. The largest absolute Gasteiger partial charge is 0.478 e. The van der Waals surface area contributed by atoms with Gasteiger partial charge in [-0.25, -0.2) is 14.2 Å². The molecule has 2 saturated heterocycles. The van der Waals surface area contributed by atoms with Crippen LogP contribution < -0.4 is 0 Å². The minimum Gasteiger partial charge on any atom is -0.478 e. The highest BCUT2D eigenvalue weighted by Gasteiger charge is 2.26. The maximum Gasteiger partial charge on any atom is 0.335 e. The first-order valence-corrected chi connectivity index (χ1v) is 14.9. The first-order chi connectivity index (χ1) is 20.4. The molecule has 2 fully saturated rings. The molecule has 1 N–H and O–H groups in total. The lowest BCUT2D eigenvalue weighted by Crippen LogP contribution is -2.35. The number of likely N-dealkylation sites (tertiary alicyclic amines) is 1. The number of rotatable bonds is 8. The number of imidazole rings is 1. The standard InChI is InChI=1S/C33H32ClFN4O3/c34-26-5-3-25(28(35)17-26)18-38-13-9-22-1-2-23(15-30(22)38)21-7-11-37(12-8-21)20-32-36-29-6-4-24(33(40)41)16-31(29)39(32)19-27-10-14-42-27/h1-6,9,13,15-17,21,27H,7-8,10-12,14,18-20H2,(H,40,41)/t27-/m0/s1. The Morgan fingerprint density at radius 3 is 2.57 bits per heavy atom. The van der Waals surface area contributed by atoms with Gasteiger partial charge in [-0.15, -0.1) is 0 Å². The van der Waals surface area contributed by atoms with Crippen LogP contribution in [0.15, 0.2) is 66.9 Å². The summed E-state index contributed by atoms with van der Waals surface area (Å²) in [6.45, 7) is 4.52. The average molecular weight is 587 g/mol. The number of piperidine rings is 1. The second kappa shape index (κ2) is 11.2. The molecule has 5 aromatic rings. The number of fused-ring (bicyclic) bond motifs is 2. The molecule has 0 bridgehead atoms. The molecule has 0 saturated carbocycles. The van der Waals surface area contributed by atoms with Crippen LogP contribution >= 0.6 is 11.6 Å². The summed E-state index contributed by atoms with van der Waals surface area (Å²) in [5, 5.41) is 11.1. The lowest BCUT2D eigenvalue weighted by Gasteiger charge is -2.33. The number of nitrogens with zero attached hydrogens (tertiary/aromatic N) is 4. The first-order valence-electron chi connectivity index (χ1n) is 14.5. The summed E-state index contributed by atoms with van der Waals surface area (Å²) in [4.78, 5) is 19.0. The van der Waals surface area contributed by atoms with E-state index in [4.69, 9.17) is 21.3 Å². The molecule has 216 valence electrons. The number of aromatic carboxylic acids is 1. The number of carboxylic acid groups (broad SMARTS) is 1. The van der Waals surface area contributed by atoms with Gasteiger partial charge in [0.15, 0.2) is 0 Å². The molecule has 7 nitrogen and oxygen atoms in total. The normalized spacial score (nSPS) is 18.1. The predicted molar refractivity (Wildman–Crippen MR) is 161 cm³/mol. The highest BCUT2D eigenvalue weighted by molar-refractivity contribution is 6.30.